The van der Waals surface area contributed by atoms with Gasteiger partial charge in [0.15, 0.2) is 5.96 Å². The molecule has 1 heterocycles. The lowest BCUT2D eigenvalue weighted by atomic mass is 9.92. The van der Waals surface area contributed by atoms with Crippen LogP contribution in [-0.2, 0) is 11.2 Å². The molecule has 1 aliphatic rings. The van der Waals surface area contributed by atoms with Gasteiger partial charge in [0.1, 0.15) is 11.3 Å². The van der Waals surface area contributed by atoms with E-state index in [9.17, 15) is 4.79 Å². The second kappa shape index (κ2) is 5.53. The Hall–Kier alpha value is -2.04. The van der Waals surface area contributed by atoms with Gasteiger partial charge in [-0.3, -0.25) is 15.1 Å². The molecule has 2 rings (SSSR count). The number of guanidine groups is 1. The van der Waals surface area contributed by atoms with Gasteiger partial charge in [-0.2, -0.15) is 0 Å². The summed E-state index contributed by atoms with van der Waals surface area (Å²) in [7, 11) is 1.63. The van der Waals surface area contributed by atoms with Gasteiger partial charge in [-0.1, -0.05) is 18.2 Å². The highest BCUT2D eigenvalue weighted by atomic mass is 16.5. The van der Waals surface area contributed by atoms with Gasteiger partial charge in [0.05, 0.1) is 7.11 Å². The van der Waals surface area contributed by atoms with Gasteiger partial charge in [0.2, 0.25) is 0 Å². The number of hydrogen-bond donors (Lipinski definition) is 2. The number of carbonyl (C=O) groups is 1. The molecular weight excluding hydrogens is 254 g/mol. The van der Waals surface area contributed by atoms with Crippen molar-refractivity contribution in [2.24, 2.45) is 4.99 Å². The molecule has 1 aliphatic heterocycles. The van der Waals surface area contributed by atoms with Crippen LogP contribution in [0, 0.1) is 0 Å². The third kappa shape index (κ3) is 2.92. The van der Waals surface area contributed by atoms with Gasteiger partial charge in [-0.25, -0.2) is 0 Å². The minimum atomic E-state index is -0.706. The van der Waals surface area contributed by atoms with E-state index in [0.29, 0.717) is 12.4 Å². The Morgan fingerprint density at radius 1 is 1.35 bits per heavy atom. The monoisotopic (exact) mass is 275 g/mol. The van der Waals surface area contributed by atoms with E-state index < -0.39 is 5.54 Å². The molecule has 5 nitrogen and oxygen atoms in total. The van der Waals surface area contributed by atoms with Crippen molar-refractivity contribution in [2.45, 2.75) is 38.8 Å². The number of para-hydroxylation sites is 1. The summed E-state index contributed by atoms with van der Waals surface area (Å²) in [5.74, 6) is 1.27. The third-order valence-electron chi connectivity index (χ3n) is 3.25. The summed E-state index contributed by atoms with van der Waals surface area (Å²) in [5, 5.41) is 5.97. The minimum Gasteiger partial charge on any atom is -0.496 e. The quantitative estimate of drug-likeness (QED) is 0.875. The lowest BCUT2D eigenvalue weighted by molar-refractivity contribution is -0.123. The fourth-order valence-corrected chi connectivity index (χ4v) is 2.27. The Kier molecular flexibility index (Phi) is 3.97. The van der Waals surface area contributed by atoms with E-state index in [1.807, 2.05) is 45.0 Å². The zero-order valence-electron chi connectivity index (χ0n) is 12.4. The summed E-state index contributed by atoms with van der Waals surface area (Å²) in [6.07, 6.45) is 0.542. The van der Waals surface area contributed by atoms with Crippen LogP contribution in [0.5, 0.6) is 5.75 Å². The molecule has 20 heavy (non-hydrogen) atoms. The van der Waals surface area contributed by atoms with E-state index in [1.54, 1.807) is 7.11 Å². The molecule has 0 radical (unpaired) electrons. The Bertz CT molecular complexity index is 540. The number of hydrogen-bond acceptors (Lipinski definition) is 3. The molecule has 5 heteroatoms. The van der Waals surface area contributed by atoms with Crippen LogP contribution in [0.4, 0.5) is 0 Å². The molecule has 0 saturated carbocycles. The average Bonchev–Trinajstić information content (AvgIpc) is 2.64. The number of rotatable bonds is 4. The van der Waals surface area contributed by atoms with Crippen LogP contribution in [0.3, 0.4) is 0 Å². The van der Waals surface area contributed by atoms with Crippen LogP contribution in [0.25, 0.3) is 0 Å². The third-order valence-corrected chi connectivity index (χ3v) is 3.25. The molecule has 1 unspecified atom stereocenters. The summed E-state index contributed by atoms with van der Waals surface area (Å²) < 4.78 is 5.34. The molecule has 0 bridgehead atoms. The van der Waals surface area contributed by atoms with Crippen molar-refractivity contribution in [2.75, 3.05) is 7.11 Å². The maximum Gasteiger partial charge on any atom is 0.252 e. The summed E-state index contributed by atoms with van der Waals surface area (Å²) in [6.45, 7) is 5.81. The van der Waals surface area contributed by atoms with E-state index in [1.165, 1.54) is 0 Å². The summed E-state index contributed by atoms with van der Waals surface area (Å²) in [5.41, 5.74) is 0.286. The highest BCUT2D eigenvalue weighted by Gasteiger charge is 2.41. The molecule has 1 atom stereocenters. The molecule has 1 saturated heterocycles. The average molecular weight is 275 g/mol. The minimum absolute atomic E-state index is 0.0668. The number of nitrogens with zero attached hydrogens (tertiary/aromatic N) is 1. The van der Waals surface area contributed by atoms with Crippen LogP contribution in [0.2, 0.25) is 0 Å². The van der Waals surface area contributed by atoms with Crippen LogP contribution in [-0.4, -0.2) is 30.6 Å². The zero-order valence-corrected chi connectivity index (χ0v) is 12.4. The fourth-order valence-electron chi connectivity index (χ4n) is 2.27. The maximum atomic E-state index is 12.2. The maximum absolute atomic E-state index is 12.2. The normalized spacial score (nSPS) is 23.9. The molecular formula is C15H21N3O2. The first-order chi connectivity index (χ1) is 9.44. The lowest BCUT2D eigenvalue weighted by Gasteiger charge is -2.22. The highest BCUT2D eigenvalue weighted by Crippen LogP contribution is 2.24. The predicted molar refractivity (Wildman–Crippen MR) is 79.0 cm³/mol. The Labute approximate surface area is 119 Å². The first-order valence-corrected chi connectivity index (χ1v) is 6.74. The van der Waals surface area contributed by atoms with Crippen LogP contribution >= 0.6 is 0 Å². The van der Waals surface area contributed by atoms with Gasteiger partial charge in [-0.05, 0) is 32.4 Å². The van der Waals surface area contributed by atoms with E-state index in [4.69, 9.17) is 4.74 Å². The first-order valence-electron chi connectivity index (χ1n) is 6.74. The standard InChI is InChI=1S/C15H21N3O2/c1-10(2)16-14-17-13(19)15(3,18-14)9-11-7-5-6-8-12(11)20-4/h5-8,10H,9H2,1-4H3,(H2,16,17,18,19). The predicted octanol–water partition coefficient (Wildman–Crippen LogP) is 1.48. The van der Waals surface area contributed by atoms with Gasteiger partial charge < -0.3 is 10.1 Å². The molecule has 0 aliphatic carbocycles. The van der Waals surface area contributed by atoms with Gasteiger partial charge in [0.25, 0.3) is 5.91 Å². The second-order valence-corrected chi connectivity index (χ2v) is 5.47. The number of benzene rings is 1. The van der Waals surface area contributed by atoms with Crippen molar-refractivity contribution in [3.63, 3.8) is 0 Å². The Balaban J connectivity index is 2.22. The molecule has 1 fully saturated rings. The first kappa shape index (κ1) is 14.4. The number of ether oxygens (including phenoxy) is 1. The highest BCUT2D eigenvalue weighted by molar-refractivity contribution is 6.09. The topological polar surface area (TPSA) is 62.7 Å². The Morgan fingerprint density at radius 3 is 2.70 bits per heavy atom. The number of aliphatic imine (C=N–C) groups is 1. The Morgan fingerprint density at radius 2 is 2.05 bits per heavy atom. The SMILES string of the molecule is COc1ccccc1CC1(C)NC(=NC(C)C)NC1=O. The zero-order chi connectivity index (χ0) is 14.8. The largest absolute Gasteiger partial charge is 0.496 e. The molecule has 0 spiro atoms. The van der Waals surface area contributed by atoms with Gasteiger partial charge in [0, 0.05) is 12.5 Å². The van der Waals surface area contributed by atoms with Crippen molar-refractivity contribution in [1.82, 2.24) is 10.6 Å². The van der Waals surface area contributed by atoms with Crippen molar-refractivity contribution in [3.8, 4) is 5.75 Å². The van der Waals surface area contributed by atoms with Crippen LogP contribution in [0.1, 0.15) is 26.3 Å². The molecule has 1 amide bonds. The molecule has 1 aromatic rings. The molecule has 2 N–H and O–H groups in total. The number of nitrogens with one attached hydrogen (secondary N) is 2. The van der Waals surface area contributed by atoms with Crippen molar-refractivity contribution < 1.29 is 9.53 Å². The van der Waals surface area contributed by atoms with Crippen LogP contribution in [0.15, 0.2) is 29.3 Å². The van der Waals surface area contributed by atoms with Crippen molar-refractivity contribution >= 4 is 11.9 Å². The second-order valence-electron chi connectivity index (χ2n) is 5.47. The smallest absolute Gasteiger partial charge is 0.252 e. The number of amides is 1. The van der Waals surface area contributed by atoms with E-state index in [2.05, 4.69) is 15.6 Å². The summed E-state index contributed by atoms with van der Waals surface area (Å²) >= 11 is 0. The number of carbonyl (C=O) groups excluding carboxylic acids is 1. The number of methoxy groups -OCH3 is 1. The summed E-state index contributed by atoms with van der Waals surface area (Å²) in [6, 6.07) is 7.85. The van der Waals surface area contributed by atoms with Crippen molar-refractivity contribution in [3.05, 3.63) is 29.8 Å². The van der Waals surface area contributed by atoms with E-state index >= 15 is 0 Å². The van der Waals surface area contributed by atoms with E-state index in [-0.39, 0.29) is 11.9 Å². The van der Waals surface area contributed by atoms with Gasteiger partial charge in [-0.15, -0.1) is 0 Å². The van der Waals surface area contributed by atoms with E-state index in [0.717, 1.165) is 11.3 Å². The molecule has 0 aromatic heterocycles. The fraction of sp³-hybridized carbons (Fsp3) is 0.467. The lowest BCUT2D eigenvalue weighted by Crippen LogP contribution is -2.45. The molecule has 1 aromatic carbocycles. The van der Waals surface area contributed by atoms with Gasteiger partial charge >= 0.3 is 0 Å². The van der Waals surface area contributed by atoms with Crippen molar-refractivity contribution in [1.29, 1.82) is 0 Å². The van der Waals surface area contributed by atoms with Crippen LogP contribution < -0.4 is 15.4 Å². The molecule has 108 valence electrons. The summed E-state index contributed by atoms with van der Waals surface area (Å²) in [4.78, 5) is 16.5.